The highest BCUT2D eigenvalue weighted by atomic mass is 16.7. The van der Waals surface area contributed by atoms with E-state index in [0.29, 0.717) is 39.6 Å². The van der Waals surface area contributed by atoms with E-state index in [4.69, 9.17) is 40.1 Å². The van der Waals surface area contributed by atoms with Crippen LogP contribution in [0.25, 0.3) is 10.4 Å². The Balaban J connectivity index is 1.97. The lowest BCUT2D eigenvalue weighted by Crippen LogP contribution is -2.62. The number of hydrogen-bond acceptors (Lipinski definition) is 10. The Morgan fingerprint density at radius 2 is 1.54 bits per heavy atom. The van der Waals surface area contributed by atoms with Crippen molar-refractivity contribution in [1.82, 2.24) is 0 Å². The maximum absolute atomic E-state index is 9.80. The highest BCUT2D eigenvalue weighted by molar-refractivity contribution is 4.91. The molecule has 152 valence electrons. The SMILES string of the molecule is [N-]=[N+]=NCCOCCOCCOCCO[C@@H]1O[C@H](CO)[C@H](O)[C@H](O)[C@H]1N. The Morgan fingerprint density at radius 3 is 2.12 bits per heavy atom. The van der Waals surface area contributed by atoms with Crippen molar-refractivity contribution in [3.63, 3.8) is 0 Å². The molecule has 0 aliphatic carbocycles. The van der Waals surface area contributed by atoms with Crippen molar-refractivity contribution in [3.05, 3.63) is 10.4 Å². The van der Waals surface area contributed by atoms with Crippen LogP contribution in [0.2, 0.25) is 0 Å². The van der Waals surface area contributed by atoms with Gasteiger partial charge in [-0.3, -0.25) is 0 Å². The van der Waals surface area contributed by atoms with Gasteiger partial charge >= 0.3 is 0 Å². The van der Waals surface area contributed by atoms with Gasteiger partial charge in [-0.05, 0) is 5.53 Å². The number of aliphatic hydroxyl groups is 3. The first-order chi connectivity index (χ1) is 12.6. The van der Waals surface area contributed by atoms with Crippen LogP contribution in [-0.2, 0) is 23.7 Å². The van der Waals surface area contributed by atoms with Crippen LogP contribution in [0.1, 0.15) is 0 Å². The number of azide groups is 1. The molecule has 1 rings (SSSR count). The van der Waals surface area contributed by atoms with E-state index in [1.165, 1.54) is 0 Å². The van der Waals surface area contributed by atoms with Gasteiger partial charge in [-0.2, -0.15) is 0 Å². The number of nitrogens with zero attached hydrogens (tertiary/aromatic N) is 3. The molecule has 5 N–H and O–H groups in total. The molecule has 0 saturated carbocycles. The molecule has 12 nitrogen and oxygen atoms in total. The van der Waals surface area contributed by atoms with E-state index < -0.39 is 37.3 Å². The third-order valence-corrected chi connectivity index (χ3v) is 3.58. The van der Waals surface area contributed by atoms with Crippen molar-refractivity contribution in [1.29, 1.82) is 0 Å². The van der Waals surface area contributed by atoms with E-state index >= 15 is 0 Å². The van der Waals surface area contributed by atoms with Crippen LogP contribution < -0.4 is 5.73 Å². The van der Waals surface area contributed by atoms with Gasteiger partial charge in [0.15, 0.2) is 6.29 Å². The van der Waals surface area contributed by atoms with Gasteiger partial charge in [0.25, 0.3) is 0 Å². The van der Waals surface area contributed by atoms with Crippen molar-refractivity contribution in [2.24, 2.45) is 10.8 Å². The number of ether oxygens (including phenoxy) is 5. The number of aliphatic hydroxyl groups excluding tert-OH is 3. The lowest BCUT2D eigenvalue weighted by Gasteiger charge is -2.40. The topological polar surface area (TPSA) is 182 Å². The van der Waals surface area contributed by atoms with Gasteiger partial charge in [-0.25, -0.2) is 0 Å². The van der Waals surface area contributed by atoms with Crippen molar-refractivity contribution in [2.75, 3.05) is 59.4 Å². The summed E-state index contributed by atoms with van der Waals surface area (Å²) in [5.41, 5.74) is 13.8. The normalized spacial score (nSPS) is 28.7. The summed E-state index contributed by atoms with van der Waals surface area (Å²) in [6, 6.07) is -0.921. The highest BCUT2D eigenvalue weighted by Crippen LogP contribution is 2.20. The molecule has 0 aromatic rings. The van der Waals surface area contributed by atoms with E-state index in [1.54, 1.807) is 0 Å². The summed E-state index contributed by atoms with van der Waals surface area (Å²) in [6.07, 6.45) is -4.38. The standard InChI is InChI=1S/C14H28N4O8/c15-11-13(21)12(20)10(9-19)26-14(11)25-8-7-24-6-5-23-4-3-22-2-1-17-18-16/h10-14,19-21H,1-9,15H2/t10-,11-,12+,13-,14-/m1/s1. The molecule has 0 unspecified atom stereocenters. The Morgan fingerprint density at radius 1 is 0.962 bits per heavy atom. The lowest BCUT2D eigenvalue weighted by molar-refractivity contribution is -0.267. The molecule has 0 spiro atoms. The molecule has 1 aliphatic heterocycles. The van der Waals surface area contributed by atoms with Gasteiger partial charge in [-0.15, -0.1) is 0 Å². The zero-order valence-electron chi connectivity index (χ0n) is 14.6. The van der Waals surface area contributed by atoms with Crippen LogP contribution in [0.3, 0.4) is 0 Å². The molecular formula is C14H28N4O8. The zero-order valence-corrected chi connectivity index (χ0v) is 14.6. The molecule has 12 heteroatoms. The summed E-state index contributed by atoms with van der Waals surface area (Å²) in [4.78, 5) is 2.60. The van der Waals surface area contributed by atoms with Crippen LogP contribution in [-0.4, -0.2) is 105 Å². The highest BCUT2D eigenvalue weighted by Gasteiger charge is 2.42. The average molecular weight is 380 g/mol. The van der Waals surface area contributed by atoms with E-state index in [9.17, 15) is 10.2 Å². The molecule has 0 aromatic heterocycles. The Bertz CT molecular complexity index is 410. The molecule has 0 bridgehead atoms. The van der Waals surface area contributed by atoms with Gasteiger partial charge < -0.3 is 44.7 Å². The second-order valence-electron chi connectivity index (χ2n) is 5.45. The summed E-state index contributed by atoms with van der Waals surface area (Å²) >= 11 is 0. The molecule has 1 saturated heterocycles. The second-order valence-corrected chi connectivity index (χ2v) is 5.45. The minimum absolute atomic E-state index is 0.169. The van der Waals surface area contributed by atoms with Gasteiger partial charge in [-0.1, -0.05) is 5.11 Å². The van der Waals surface area contributed by atoms with Crippen LogP contribution in [0.4, 0.5) is 0 Å². The maximum Gasteiger partial charge on any atom is 0.175 e. The van der Waals surface area contributed by atoms with Crippen LogP contribution >= 0.6 is 0 Å². The van der Waals surface area contributed by atoms with Gasteiger partial charge in [0, 0.05) is 11.5 Å². The van der Waals surface area contributed by atoms with Crippen molar-refractivity contribution in [2.45, 2.75) is 30.6 Å². The average Bonchev–Trinajstić information content (AvgIpc) is 2.65. The predicted molar refractivity (Wildman–Crippen MR) is 88.2 cm³/mol. The van der Waals surface area contributed by atoms with Crippen molar-refractivity contribution >= 4 is 0 Å². The summed E-state index contributed by atoms with van der Waals surface area (Å²) in [6.45, 7) is 2.19. The molecule has 0 aromatic carbocycles. The summed E-state index contributed by atoms with van der Waals surface area (Å²) < 4.78 is 26.5. The molecule has 0 amide bonds. The van der Waals surface area contributed by atoms with E-state index in [2.05, 4.69) is 10.0 Å². The van der Waals surface area contributed by atoms with Crippen LogP contribution in [0, 0.1) is 0 Å². The second kappa shape index (κ2) is 14.1. The Labute approximate surface area is 151 Å². The van der Waals surface area contributed by atoms with E-state index in [0.717, 1.165) is 0 Å². The van der Waals surface area contributed by atoms with Gasteiger partial charge in [0.05, 0.1) is 58.9 Å². The molecule has 1 heterocycles. The number of rotatable bonds is 14. The van der Waals surface area contributed by atoms with Crippen LogP contribution in [0.15, 0.2) is 5.11 Å². The molecule has 1 aliphatic rings. The van der Waals surface area contributed by atoms with E-state index in [1.807, 2.05) is 0 Å². The van der Waals surface area contributed by atoms with Crippen molar-refractivity contribution < 1.29 is 39.0 Å². The first kappa shape index (κ1) is 23.0. The largest absolute Gasteiger partial charge is 0.394 e. The monoisotopic (exact) mass is 380 g/mol. The van der Waals surface area contributed by atoms with Crippen molar-refractivity contribution in [3.8, 4) is 0 Å². The third-order valence-electron chi connectivity index (χ3n) is 3.58. The fourth-order valence-corrected chi connectivity index (χ4v) is 2.17. The van der Waals surface area contributed by atoms with Crippen LogP contribution in [0.5, 0.6) is 0 Å². The molecule has 0 radical (unpaired) electrons. The number of nitrogens with two attached hydrogens (primary N) is 1. The lowest BCUT2D eigenvalue weighted by atomic mass is 9.98. The minimum atomic E-state index is -1.26. The zero-order chi connectivity index (χ0) is 19.2. The minimum Gasteiger partial charge on any atom is -0.394 e. The Kier molecular flexibility index (Phi) is 12.4. The fraction of sp³-hybridized carbons (Fsp3) is 1.00. The quantitative estimate of drug-likeness (QED) is 0.116. The first-order valence-electron chi connectivity index (χ1n) is 8.35. The third kappa shape index (κ3) is 8.56. The number of hydrogen-bond donors (Lipinski definition) is 4. The summed E-state index contributed by atoms with van der Waals surface area (Å²) in [7, 11) is 0. The van der Waals surface area contributed by atoms with E-state index in [-0.39, 0.29) is 13.2 Å². The predicted octanol–water partition coefficient (Wildman–Crippen LogP) is -1.87. The van der Waals surface area contributed by atoms with Gasteiger partial charge in [0.1, 0.15) is 18.3 Å². The molecule has 1 fully saturated rings. The molecule has 26 heavy (non-hydrogen) atoms. The first-order valence-corrected chi connectivity index (χ1v) is 8.35. The molecular weight excluding hydrogens is 352 g/mol. The smallest absolute Gasteiger partial charge is 0.175 e. The Hall–Kier alpha value is -1.05. The van der Waals surface area contributed by atoms with Gasteiger partial charge in [0.2, 0.25) is 0 Å². The fourth-order valence-electron chi connectivity index (χ4n) is 2.17. The summed E-state index contributed by atoms with van der Waals surface area (Å²) in [5, 5.41) is 31.9. The summed E-state index contributed by atoms with van der Waals surface area (Å²) in [5.74, 6) is 0. The maximum atomic E-state index is 9.80. The molecule has 5 atom stereocenters.